The number of benzene rings is 1. The molecule has 0 N–H and O–H groups in total. The van der Waals surface area contributed by atoms with E-state index in [1.165, 1.54) is 12.4 Å². The van der Waals surface area contributed by atoms with Crippen LogP contribution in [0.4, 0.5) is 5.82 Å². The van der Waals surface area contributed by atoms with Crippen LogP contribution in [0.25, 0.3) is 28.1 Å². The fraction of sp³-hybridized carbons (Fsp3) is 0.292. The number of hydrogen-bond acceptors (Lipinski definition) is 6. The van der Waals surface area contributed by atoms with Crippen molar-refractivity contribution in [3.63, 3.8) is 0 Å². The highest BCUT2D eigenvalue weighted by Gasteiger charge is 2.37. The van der Waals surface area contributed by atoms with Crippen molar-refractivity contribution in [1.82, 2.24) is 19.5 Å². The average Bonchev–Trinajstić information content (AvgIpc) is 3.15. The highest BCUT2D eigenvalue weighted by Crippen LogP contribution is 2.37. The van der Waals surface area contributed by atoms with Crippen molar-refractivity contribution in [2.75, 3.05) is 0 Å². The Balaban J connectivity index is 1.78. The predicted octanol–water partition coefficient (Wildman–Crippen LogP) is 6.57. The van der Waals surface area contributed by atoms with Crippen LogP contribution in [0, 0.1) is 10.1 Å². The van der Waals surface area contributed by atoms with Crippen LogP contribution in [0.5, 0.6) is 0 Å². The number of rotatable bonds is 6. The predicted molar refractivity (Wildman–Crippen MR) is 136 cm³/mol. The first-order valence-electron chi connectivity index (χ1n) is 10.8. The molecule has 0 fully saturated rings. The Bertz CT molecular complexity index is 1360. The van der Waals surface area contributed by atoms with Crippen LogP contribution in [0.3, 0.4) is 0 Å². The fourth-order valence-electron chi connectivity index (χ4n) is 3.37. The first-order chi connectivity index (χ1) is 16.0. The molecule has 0 saturated heterocycles. The first kappa shape index (κ1) is 24.0. The monoisotopic (exact) mass is 495 g/mol. The van der Waals surface area contributed by atoms with Gasteiger partial charge in [-0.25, -0.2) is 9.97 Å². The number of nitrogens with zero attached hydrogens (tertiary/aromatic N) is 5. The Labute approximate surface area is 203 Å². The fourth-order valence-corrected chi connectivity index (χ4v) is 4.46. The molecule has 10 heteroatoms. The largest absolute Gasteiger partial charge is 0.413 e. The molecule has 0 aliphatic rings. The molecule has 8 nitrogen and oxygen atoms in total. The van der Waals surface area contributed by atoms with E-state index in [1.54, 1.807) is 18.2 Å². The Morgan fingerprint density at radius 3 is 2.50 bits per heavy atom. The van der Waals surface area contributed by atoms with Crippen LogP contribution in [0.2, 0.25) is 23.3 Å². The van der Waals surface area contributed by atoms with Crippen LogP contribution < -0.4 is 0 Å². The quantitative estimate of drug-likeness (QED) is 0.170. The van der Waals surface area contributed by atoms with Gasteiger partial charge in [-0.3, -0.25) is 4.57 Å². The molecular weight excluding hydrogens is 470 g/mol. The molecule has 3 aromatic heterocycles. The van der Waals surface area contributed by atoms with E-state index in [2.05, 4.69) is 48.8 Å². The third-order valence-electron chi connectivity index (χ3n) is 6.31. The molecule has 1 aromatic carbocycles. The summed E-state index contributed by atoms with van der Waals surface area (Å²) in [5.74, 6) is -0.239. The summed E-state index contributed by atoms with van der Waals surface area (Å²) in [7, 11) is -1.88. The molecule has 0 saturated carbocycles. The zero-order chi connectivity index (χ0) is 24.7. The molecule has 0 aliphatic carbocycles. The normalized spacial score (nSPS) is 12.3. The zero-order valence-corrected chi connectivity index (χ0v) is 21.5. The minimum absolute atomic E-state index is 0.127. The molecule has 4 aromatic rings. The standard InChI is InChI=1S/C24H26ClN5O3Si/c1-24(2,3)34(4,5)33-15-16-8-10-17(11-9-16)29-20(13-19-23(29)28-21(25)14-27-19)18-7-6-12-26-22(18)30(31)32/h6-14H,15H2,1-5H3. The summed E-state index contributed by atoms with van der Waals surface area (Å²) in [4.78, 5) is 23.9. The summed E-state index contributed by atoms with van der Waals surface area (Å²) in [6.45, 7) is 11.6. The molecule has 0 aliphatic heterocycles. The number of aromatic nitrogens is 4. The summed E-state index contributed by atoms with van der Waals surface area (Å²) in [5.41, 5.74) is 3.82. The van der Waals surface area contributed by atoms with Crippen molar-refractivity contribution in [2.45, 2.75) is 45.5 Å². The lowest BCUT2D eigenvalue weighted by Gasteiger charge is -2.36. The van der Waals surface area contributed by atoms with Gasteiger partial charge in [0.05, 0.1) is 24.1 Å². The van der Waals surface area contributed by atoms with Gasteiger partial charge in [-0.15, -0.1) is 0 Å². The van der Waals surface area contributed by atoms with Gasteiger partial charge in [0.1, 0.15) is 16.9 Å². The van der Waals surface area contributed by atoms with E-state index in [4.69, 9.17) is 16.0 Å². The molecule has 34 heavy (non-hydrogen) atoms. The Morgan fingerprint density at radius 2 is 1.85 bits per heavy atom. The molecule has 0 spiro atoms. The van der Waals surface area contributed by atoms with Gasteiger partial charge in [0.15, 0.2) is 14.0 Å². The van der Waals surface area contributed by atoms with Crippen molar-refractivity contribution in [3.8, 4) is 16.9 Å². The highest BCUT2D eigenvalue weighted by molar-refractivity contribution is 6.74. The second-order valence-electron chi connectivity index (χ2n) is 9.61. The molecule has 0 amide bonds. The van der Waals surface area contributed by atoms with Gasteiger partial charge in [0, 0.05) is 5.69 Å². The van der Waals surface area contributed by atoms with Crippen LogP contribution in [0.15, 0.2) is 54.9 Å². The van der Waals surface area contributed by atoms with E-state index >= 15 is 0 Å². The van der Waals surface area contributed by atoms with E-state index in [0.717, 1.165) is 11.3 Å². The maximum atomic E-state index is 11.7. The zero-order valence-electron chi connectivity index (χ0n) is 19.7. The Kier molecular flexibility index (Phi) is 6.28. The topological polar surface area (TPSA) is 96.0 Å². The Hall–Kier alpha value is -3.14. The minimum atomic E-state index is -1.88. The lowest BCUT2D eigenvalue weighted by atomic mass is 10.1. The maximum absolute atomic E-state index is 11.7. The smallest absolute Gasteiger partial charge is 0.372 e. The second-order valence-corrected chi connectivity index (χ2v) is 14.8. The van der Waals surface area contributed by atoms with E-state index in [1.807, 2.05) is 28.8 Å². The molecule has 0 atom stereocenters. The van der Waals surface area contributed by atoms with Gasteiger partial charge in [-0.1, -0.05) is 44.5 Å². The van der Waals surface area contributed by atoms with Crippen molar-refractivity contribution in [3.05, 3.63) is 75.7 Å². The lowest BCUT2D eigenvalue weighted by molar-refractivity contribution is -0.388. The lowest BCUT2D eigenvalue weighted by Crippen LogP contribution is -2.40. The van der Waals surface area contributed by atoms with Gasteiger partial charge < -0.3 is 14.5 Å². The highest BCUT2D eigenvalue weighted by atomic mass is 35.5. The minimum Gasteiger partial charge on any atom is -0.413 e. The molecule has 4 rings (SSSR count). The SMILES string of the molecule is CC(C)(C)[Si](C)(C)OCc1ccc(-n2c(-c3cccnc3[N+](=O)[O-])cc3ncc(Cl)nc32)cc1. The van der Waals surface area contributed by atoms with E-state index in [0.29, 0.717) is 29.0 Å². The van der Waals surface area contributed by atoms with E-state index in [9.17, 15) is 10.1 Å². The molecular formula is C24H26ClN5O3Si. The van der Waals surface area contributed by atoms with Crippen LogP contribution in [0.1, 0.15) is 26.3 Å². The van der Waals surface area contributed by atoms with Crippen molar-refractivity contribution < 1.29 is 9.35 Å². The molecule has 0 radical (unpaired) electrons. The van der Waals surface area contributed by atoms with E-state index < -0.39 is 13.2 Å². The molecule has 176 valence electrons. The number of hydrogen-bond donors (Lipinski definition) is 0. The summed E-state index contributed by atoms with van der Waals surface area (Å²) >= 11 is 6.14. The average molecular weight is 496 g/mol. The van der Waals surface area contributed by atoms with E-state index in [-0.39, 0.29) is 16.0 Å². The maximum Gasteiger partial charge on any atom is 0.372 e. The van der Waals surface area contributed by atoms with Crippen molar-refractivity contribution in [1.29, 1.82) is 0 Å². The molecule has 0 unspecified atom stereocenters. The first-order valence-corrected chi connectivity index (χ1v) is 14.1. The molecule has 3 heterocycles. The summed E-state index contributed by atoms with van der Waals surface area (Å²) in [5, 5.41) is 12.0. The number of fused-ring (bicyclic) bond motifs is 1. The number of halogens is 1. The van der Waals surface area contributed by atoms with Crippen LogP contribution in [-0.4, -0.2) is 32.8 Å². The van der Waals surface area contributed by atoms with Gasteiger partial charge in [-0.2, -0.15) is 0 Å². The summed E-state index contributed by atoms with van der Waals surface area (Å²) in [6, 6.07) is 13.0. The third-order valence-corrected chi connectivity index (χ3v) is 11.0. The van der Waals surface area contributed by atoms with Gasteiger partial charge in [-0.05, 0) is 63.9 Å². The summed E-state index contributed by atoms with van der Waals surface area (Å²) in [6.07, 6.45) is 2.86. The van der Waals surface area contributed by atoms with Crippen LogP contribution >= 0.6 is 11.6 Å². The third kappa shape index (κ3) is 4.59. The van der Waals surface area contributed by atoms with Gasteiger partial charge in [0.25, 0.3) is 0 Å². The second kappa shape index (κ2) is 8.90. The van der Waals surface area contributed by atoms with Crippen molar-refractivity contribution in [2.24, 2.45) is 0 Å². The molecule has 0 bridgehead atoms. The van der Waals surface area contributed by atoms with Gasteiger partial charge in [0.2, 0.25) is 0 Å². The number of nitro groups is 1. The number of pyridine rings is 1. The van der Waals surface area contributed by atoms with Crippen molar-refractivity contribution >= 4 is 36.9 Å². The van der Waals surface area contributed by atoms with Gasteiger partial charge >= 0.3 is 5.82 Å². The summed E-state index contributed by atoms with van der Waals surface area (Å²) < 4.78 is 8.16. The Morgan fingerprint density at radius 1 is 1.15 bits per heavy atom. The van der Waals surface area contributed by atoms with Crippen LogP contribution in [-0.2, 0) is 11.0 Å².